The number of fused-ring (bicyclic) bond motifs is 1. The molecule has 25 heavy (non-hydrogen) atoms. The van der Waals surface area contributed by atoms with E-state index in [0.29, 0.717) is 18.7 Å². The van der Waals surface area contributed by atoms with Gasteiger partial charge in [0.1, 0.15) is 6.04 Å². The quantitative estimate of drug-likeness (QED) is 0.865. The van der Waals surface area contributed by atoms with Gasteiger partial charge in [-0.25, -0.2) is 13.1 Å². The molecule has 0 aromatic heterocycles. The van der Waals surface area contributed by atoms with Gasteiger partial charge in [0.15, 0.2) is 0 Å². The topological polar surface area (TPSA) is 92.5 Å². The number of sulfonamides is 1. The van der Waals surface area contributed by atoms with Gasteiger partial charge in [0.2, 0.25) is 15.9 Å². The van der Waals surface area contributed by atoms with Crippen molar-refractivity contribution in [3.63, 3.8) is 0 Å². The van der Waals surface area contributed by atoms with Gasteiger partial charge in [-0.05, 0) is 43.7 Å². The van der Waals surface area contributed by atoms with E-state index in [0.717, 1.165) is 16.7 Å². The molecule has 1 heterocycles. The molecule has 3 rings (SSSR count). The molecule has 0 radical (unpaired) electrons. The number of hydrogen-bond acceptors (Lipinski definition) is 4. The number of aryl methyl sites for hydroxylation is 1. The van der Waals surface area contributed by atoms with Gasteiger partial charge in [-0.1, -0.05) is 35.9 Å². The lowest BCUT2D eigenvalue weighted by atomic mass is 10.0. The first-order chi connectivity index (χ1) is 11.8. The first-order valence-electron chi connectivity index (χ1n) is 8.03. The number of benzene rings is 2. The molecule has 1 unspecified atom stereocenters. The molecule has 1 atom stereocenters. The van der Waals surface area contributed by atoms with Crippen LogP contribution in [0.15, 0.2) is 47.4 Å². The van der Waals surface area contributed by atoms with Crippen molar-refractivity contribution in [1.82, 2.24) is 4.72 Å². The fourth-order valence-corrected chi connectivity index (χ4v) is 3.71. The molecule has 1 aliphatic heterocycles. The molecule has 2 aromatic rings. The van der Waals surface area contributed by atoms with Gasteiger partial charge >= 0.3 is 0 Å². The molecule has 132 valence electrons. The van der Waals surface area contributed by atoms with E-state index in [1.165, 1.54) is 13.1 Å². The number of nitrogens with two attached hydrogens (primary N) is 1. The van der Waals surface area contributed by atoms with E-state index in [1.807, 2.05) is 31.2 Å². The van der Waals surface area contributed by atoms with Crippen LogP contribution in [0.4, 0.5) is 5.69 Å². The zero-order valence-electron chi connectivity index (χ0n) is 14.2. The molecular weight excluding hydrogens is 338 g/mol. The number of anilines is 1. The first-order valence-corrected chi connectivity index (χ1v) is 9.52. The largest absolute Gasteiger partial charge is 0.316 e. The standard InChI is InChI=1S/C18H21N3O3S/c1-12-3-5-14(6-4-12)17(19)18(22)21-10-9-13-7-8-15(11-16(13)21)25(23,24)20-2/h3-8,11,17,20H,9-10,19H2,1-2H3. The molecule has 0 saturated heterocycles. The van der Waals surface area contributed by atoms with Crippen molar-refractivity contribution < 1.29 is 13.2 Å². The molecule has 0 bridgehead atoms. The minimum atomic E-state index is -3.57. The highest BCUT2D eigenvalue weighted by Gasteiger charge is 2.30. The van der Waals surface area contributed by atoms with Gasteiger partial charge in [0.25, 0.3) is 0 Å². The van der Waals surface area contributed by atoms with Gasteiger partial charge in [0.05, 0.1) is 4.90 Å². The van der Waals surface area contributed by atoms with Crippen molar-refractivity contribution in [3.8, 4) is 0 Å². The second kappa shape index (κ2) is 6.59. The number of nitrogens with one attached hydrogen (secondary N) is 1. The van der Waals surface area contributed by atoms with Crippen molar-refractivity contribution in [2.45, 2.75) is 24.3 Å². The minimum Gasteiger partial charge on any atom is -0.316 e. The Bertz CT molecular complexity index is 908. The molecule has 7 heteroatoms. The highest BCUT2D eigenvalue weighted by Crippen LogP contribution is 2.32. The molecule has 0 saturated carbocycles. The fraction of sp³-hybridized carbons (Fsp3) is 0.278. The lowest BCUT2D eigenvalue weighted by Crippen LogP contribution is -2.37. The highest BCUT2D eigenvalue weighted by atomic mass is 32.2. The van der Waals surface area contributed by atoms with Crippen LogP contribution in [-0.2, 0) is 21.2 Å². The zero-order chi connectivity index (χ0) is 18.2. The summed E-state index contributed by atoms with van der Waals surface area (Å²) in [7, 11) is -2.21. The van der Waals surface area contributed by atoms with Crippen molar-refractivity contribution in [2.75, 3.05) is 18.5 Å². The van der Waals surface area contributed by atoms with Crippen LogP contribution in [0.3, 0.4) is 0 Å². The number of nitrogens with zero attached hydrogens (tertiary/aromatic N) is 1. The Hall–Kier alpha value is -2.22. The van der Waals surface area contributed by atoms with E-state index in [2.05, 4.69) is 4.72 Å². The highest BCUT2D eigenvalue weighted by molar-refractivity contribution is 7.89. The van der Waals surface area contributed by atoms with Crippen molar-refractivity contribution in [3.05, 3.63) is 59.2 Å². The first kappa shape index (κ1) is 17.6. The second-order valence-corrected chi connectivity index (χ2v) is 8.01. The molecule has 6 nitrogen and oxygen atoms in total. The monoisotopic (exact) mass is 359 g/mol. The maximum atomic E-state index is 12.9. The van der Waals surface area contributed by atoms with E-state index in [9.17, 15) is 13.2 Å². The Morgan fingerprint density at radius 2 is 1.88 bits per heavy atom. The normalized spacial score (nSPS) is 15.1. The second-order valence-electron chi connectivity index (χ2n) is 6.13. The summed E-state index contributed by atoms with van der Waals surface area (Å²) in [5.41, 5.74) is 9.55. The molecule has 1 amide bonds. The van der Waals surface area contributed by atoms with Crippen LogP contribution in [0.25, 0.3) is 0 Å². The molecule has 0 aliphatic carbocycles. The number of carbonyl (C=O) groups excluding carboxylic acids is 1. The van der Waals surface area contributed by atoms with Gasteiger partial charge < -0.3 is 10.6 Å². The summed E-state index contributed by atoms with van der Waals surface area (Å²) in [6, 6.07) is 11.6. The van der Waals surface area contributed by atoms with Crippen molar-refractivity contribution in [1.29, 1.82) is 0 Å². The van der Waals surface area contributed by atoms with Crippen molar-refractivity contribution >= 4 is 21.6 Å². The summed E-state index contributed by atoms with van der Waals surface area (Å²) >= 11 is 0. The van der Waals surface area contributed by atoms with Crippen LogP contribution < -0.4 is 15.4 Å². The van der Waals surface area contributed by atoms with Crippen LogP contribution in [0.2, 0.25) is 0 Å². The number of hydrogen-bond donors (Lipinski definition) is 2. The molecule has 0 spiro atoms. The van der Waals surface area contributed by atoms with Crippen LogP contribution in [0.1, 0.15) is 22.7 Å². The van der Waals surface area contributed by atoms with Gasteiger partial charge in [-0.3, -0.25) is 4.79 Å². The Kier molecular flexibility index (Phi) is 4.64. The smallest absolute Gasteiger partial charge is 0.248 e. The summed E-state index contributed by atoms with van der Waals surface area (Å²) in [6.45, 7) is 2.47. The maximum absolute atomic E-state index is 12.9. The summed E-state index contributed by atoms with van der Waals surface area (Å²) in [5, 5.41) is 0. The van der Waals surface area contributed by atoms with Gasteiger partial charge in [-0.2, -0.15) is 0 Å². The summed E-state index contributed by atoms with van der Waals surface area (Å²) < 4.78 is 26.3. The Labute approximate surface area is 147 Å². The molecular formula is C18H21N3O3S. The lowest BCUT2D eigenvalue weighted by Gasteiger charge is -2.22. The van der Waals surface area contributed by atoms with Crippen LogP contribution in [0, 0.1) is 6.92 Å². The van der Waals surface area contributed by atoms with Crippen molar-refractivity contribution in [2.24, 2.45) is 5.73 Å². The average molecular weight is 359 g/mol. The van der Waals surface area contributed by atoms with E-state index in [4.69, 9.17) is 5.73 Å². The van der Waals surface area contributed by atoms with E-state index in [-0.39, 0.29) is 10.8 Å². The van der Waals surface area contributed by atoms with Gasteiger partial charge in [-0.15, -0.1) is 0 Å². The average Bonchev–Trinajstić information content (AvgIpc) is 3.04. The van der Waals surface area contributed by atoms with Crippen LogP contribution >= 0.6 is 0 Å². The zero-order valence-corrected chi connectivity index (χ0v) is 15.0. The summed E-state index contributed by atoms with van der Waals surface area (Å²) in [6.07, 6.45) is 0.682. The van der Waals surface area contributed by atoms with E-state index >= 15 is 0 Å². The molecule has 3 N–H and O–H groups in total. The minimum absolute atomic E-state index is 0.136. The van der Waals surface area contributed by atoms with E-state index in [1.54, 1.807) is 17.0 Å². The third kappa shape index (κ3) is 3.30. The third-order valence-electron chi connectivity index (χ3n) is 4.50. The summed E-state index contributed by atoms with van der Waals surface area (Å²) in [4.78, 5) is 14.6. The molecule has 0 fully saturated rings. The number of carbonyl (C=O) groups is 1. The lowest BCUT2D eigenvalue weighted by molar-refractivity contribution is -0.119. The predicted molar refractivity (Wildman–Crippen MR) is 96.9 cm³/mol. The Balaban J connectivity index is 1.92. The van der Waals surface area contributed by atoms with E-state index < -0.39 is 16.1 Å². The third-order valence-corrected chi connectivity index (χ3v) is 5.91. The number of rotatable bonds is 4. The number of amides is 1. The summed E-state index contributed by atoms with van der Waals surface area (Å²) in [5.74, 6) is -0.235. The molecule has 1 aliphatic rings. The van der Waals surface area contributed by atoms with Gasteiger partial charge in [0, 0.05) is 12.2 Å². The molecule has 2 aromatic carbocycles. The SMILES string of the molecule is CNS(=O)(=O)c1ccc2c(c1)N(C(=O)C(N)c1ccc(C)cc1)CC2. The fourth-order valence-electron chi connectivity index (χ4n) is 2.96. The Morgan fingerprint density at radius 3 is 2.52 bits per heavy atom. The van der Waals surface area contributed by atoms with Crippen LogP contribution in [0.5, 0.6) is 0 Å². The maximum Gasteiger partial charge on any atom is 0.248 e. The predicted octanol–water partition coefficient (Wildman–Crippen LogP) is 1.49. The Morgan fingerprint density at radius 1 is 1.20 bits per heavy atom. The van der Waals surface area contributed by atoms with Crippen LogP contribution in [-0.4, -0.2) is 27.9 Å².